The second-order valence-electron chi connectivity index (χ2n) is 9.76. The summed E-state index contributed by atoms with van der Waals surface area (Å²) in [6, 6.07) is 17.5. The second kappa shape index (κ2) is 9.86. The van der Waals surface area contributed by atoms with Gasteiger partial charge in [-0.2, -0.15) is 0 Å². The van der Waals surface area contributed by atoms with Crippen LogP contribution in [0.25, 0.3) is 0 Å². The van der Waals surface area contributed by atoms with Gasteiger partial charge in [0, 0.05) is 43.3 Å². The first-order valence-corrected chi connectivity index (χ1v) is 12.4. The van der Waals surface area contributed by atoms with Crippen molar-refractivity contribution in [2.24, 2.45) is 0 Å². The number of likely N-dealkylation sites (tertiary alicyclic amines) is 2. The summed E-state index contributed by atoms with van der Waals surface area (Å²) in [7, 11) is 4.02. The van der Waals surface area contributed by atoms with Crippen molar-refractivity contribution < 1.29 is 9.53 Å². The van der Waals surface area contributed by atoms with Crippen LogP contribution in [0, 0.1) is 0 Å². The van der Waals surface area contributed by atoms with Crippen molar-refractivity contribution in [1.29, 1.82) is 0 Å². The Labute approximate surface area is 199 Å². The van der Waals surface area contributed by atoms with E-state index in [4.69, 9.17) is 4.74 Å². The molecule has 2 aromatic carbocycles. The Morgan fingerprint density at radius 1 is 1.12 bits per heavy atom. The largest absolute Gasteiger partial charge is 0.497 e. The third-order valence-electron chi connectivity index (χ3n) is 7.97. The third kappa shape index (κ3) is 4.53. The van der Waals surface area contributed by atoms with Crippen molar-refractivity contribution in [3.05, 3.63) is 65.2 Å². The van der Waals surface area contributed by atoms with Crippen LogP contribution >= 0.6 is 0 Å². The Kier molecular flexibility index (Phi) is 7.10. The van der Waals surface area contributed by atoms with Gasteiger partial charge in [0.05, 0.1) is 13.2 Å². The predicted octanol–water partition coefficient (Wildman–Crippen LogP) is 4.83. The molecule has 2 atom stereocenters. The number of piperidine rings is 1. The van der Waals surface area contributed by atoms with E-state index >= 15 is 0 Å². The van der Waals surface area contributed by atoms with E-state index in [2.05, 4.69) is 54.1 Å². The summed E-state index contributed by atoms with van der Waals surface area (Å²) in [6.07, 6.45) is 3.87. The summed E-state index contributed by atoms with van der Waals surface area (Å²) in [5.41, 5.74) is 3.50. The zero-order valence-corrected chi connectivity index (χ0v) is 20.9. The molecular weight excluding hydrogens is 410 g/mol. The molecule has 5 nitrogen and oxygen atoms in total. The molecule has 2 fully saturated rings. The summed E-state index contributed by atoms with van der Waals surface area (Å²) in [5, 5.41) is 0. The normalized spacial score (nSPS) is 21.4. The van der Waals surface area contributed by atoms with Gasteiger partial charge in [0.2, 0.25) is 0 Å². The highest BCUT2D eigenvalue weighted by Crippen LogP contribution is 2.44. The molecule has 1 spiro atoms. The number of amides is 1. The molecular formula is C28H39N3O2. The molecule has 2 aliphatic heterocycles. The molecule has 0 radical (unpaired) electrons. The van der Waals surface area contributed by atoms with Gasteiger partial charge in [0.25, 0.3) is 5.91 Å². The minimum atomic E-state index is 0.102. The number of rotatable bonds is 7. The predicted molar refractivity (Wildman–Crippen MR) is 134 cm³/mol. The number of carbonyl (C=O) groups excluding carboxylic acids is 1. The Morgan fingerprint density at radius 3 is 2.45 bits per heavy atom. The highest BCUT2D eigenvalue weighted by Gasteiger charge is 2.51. The average Bonchev–Trinajstić information content (AvgIpc) is 2.82. The maximum atomic E-state index is 12.8. The number of carbonyl (C=O) groups is 1. The molecule has 2 saturated heterocycles. The highest BCUT2D eigenvalue weighted by molar-refractivity contribution is 5.94. The van der Waals surface area contributed by atoms with Gasteiger partial charge in [0.15, 0.2) is 0 Å². The lowest BCUT2D eigenvalue weighted by Gasteiger charge is -2.61. The van der Waals surface area contributed by atoms with E-state index < -0.39 is 0 Å². The van der Waals surface area contributed by atoms with Crippen molar-refractivity contribution in [2.75, 3.05) is 40.3 Å². The number of ether oxygens (including phenoxy) is 1. The molecule has 2 aromatic rings. The number of nitrogens with zero attached hydrogens (tertiary/aromatic N) is 3. The van der Waals surface area contributed by atoms with Gasteiger partial charge in [-0.1, -0.05) is 24.3 Å². The van der Waals surface area contributed by atoms with Crippen LogP contribution in [0.4, 0.5) is 0 Å². The maximum Gasteiger partial charge on any atom is 0.253 e. The molecule has 5 heteroatoms. The van der Waals surface area contributed by atoms with E-state index in [0.717, 1.165) is 37.5 Å². The Balaban J connectivity index is 1.62. The summed E-state index contributed by atoms with van der Waals surface area (Å²) < 4.78 is 5.54. The summed E-state index contributed by atoms with van der Waals surface area (Å²) in [4.78, 5) is 19.9. The Hall–Kier alpha value is -2.37. The van der Waals surface area contributed by atoms with Gasteiger partial charge < -0.3 is 9.64 Å². The van der Waals surface area contributed by atoms with E-state index in [9.17, 15) is 4.79 Å². The number of likely N-dealkylation sites (N-methyl/N-ethyl adjacent to an activating group) is 1. The lowest BCUT2D eigenvalue weighted by atomic mass is 9.76. The van der Waals surface area contributed by atoms with E-state index in [1.165, 1.54) is 30.4 Å². The van der Waals surface area contributed by atoms with Crippen LogP contribution in [0.5, 0.6) is 5.75 Å². The van der Waals surface area contributed by atoms with Gasteiger partial charge in [-0.05, 0) is 82.5 Å². The number of benzene rings is 2. The van der Waals surface area contributed by atoms with Crippen LogP contribution in [0.3, 0.4) is 0 Å². The smallest absolute Gasteiger partial charge is 0.253 e. The van der Waals surface area contributed by atoms with Gasteiger partial charge in [-0.25, -0.2) is 0 Å². The molecule has 2 heterocycles. The minimum Gasteiger partial charge on any atom is -0.497 e. The average molecular weight is 450 g/mol. The molecule has 33 heavy (non-hydrogen) atoms. The number of methoxy groups -OCH3 is 1. The van der Waals surface area contributed by atoms with E-state index in [-0.39, 0.29) is 17.5 Å². The fourth-order valence-corrected chi connectivity index (χ4v) is 5.76. The minimum absolute atomic E-state index is 0.102. The zero-order chi connectivity index (χ0) is 23.6. The van der Waals surface area contributed by atoms with Gasteiger partial charge in [-0.3, -0.25) is 14.6 Å². The lowest BCUT2D eigenvalue weighted by Crippen LogP contribution is -2.72. The fraction of sp³-hybridized carbons (Fsp3) is 0.536. The van der Waals surface area contributed by atoms with Gasteiger partial charge >= 0.3 is 0 Å². The second-order valence-corrected chi connectivity index (χ2v) is 9.76. The topological polar surface area (TPSA) is 36.0 Å². The van der Waals surface area contributed by atoms with Crippen LogP contribution in [-0.4, -0.2) is 72.5 Å². The van der Waals surface area contributed by atoms with E-state index in [0.29, 0.717) is 6.04 Å². The van der Waals surface area contributed by atoms with Crippen LogP contribution in [0.15, 0.2) is 48.5 Å². The lowest BCUT2D eigenvalue weighted by molar-refractivity contribution is -0.0965. The quantitative estimate of drug-likeness (QED) is 0.607. The van der Waals surface area contributed by atoms with E-state index in [1.54, 1.807) is 7.11 Å². The molecule has 4 rings (SSSR count). The van der Waals surface area contributed by atoms with Crippen molar-refractivity contribution in [3.8, 4) is 5.75 Å². The zero-order valence-electron chi connectivity index (χ0n) is 20.9. The standard InChI is InChI=1S/C28H39N3O2/c1-6-30(7-2)27(32)23-15-13-22(14-16-23)26(24-11-8-12-25(18-24)33-5)31-19-28(20-31)17-9-10-21(3)29(28)4/h8,11-16,18,21,26H,6-7,9-10,17,19-20H2,1-5H3. The van der Waals surface area contributed by atoms with Gasteiger partial charge in [-0.15, -0.1) is 0 Å². The third-order valence-corrected chi connectivity index (χ3v) is 7.97. The first kappa shape index (κ1) is 23.8. The summed E-state index contributed by atoms with van der Waals surface area (Å²) in [5.74, 6) is 0.981. The molecule has 0 aliphatic carbocycles. The summed E-state index contributed by atoms with van der Waals surface area (Å²) >= 11 is 0. The van der Waals surface area contributed by atoms with Crippen LogP contribution < -0.4 is 4.74 Å². The van der Waals surface area contributed by atoms with Crippen LogP contribution in [0.1, 0.15) is 67.6 Å². The monoisotopic (exact) mass is 449 g/mol. The van der Waals surface area contributed by atoms with Crippen LogP contribution in [0.2, 0.25) is 0 Å². The Bertz CT molecular complexity index is 948. The Morgan fingerprint density at radius 2 is 1.82 bits per heavy atom. The number of hydrogen-bond acceptors (Lipinski definition) is 4. The molecule has 0 saturated carbocycles. The molecule has 0 aromatic heterocycles. The van der Waals surface area contributed by atoms with Gasteiger partial charge in [0.1, 0.15) is 5.75 Å². The van der Waals surface area contributed by atoms with E-state index in [1.807, 2.05) is 36.9 Å². The molecule has 2 unspecified atom stereocenters. The molecule has 1 amide bonds. The maximum absolute atomic E-state index is 12.8. The number of hydrogen-bond donors (Lipinski definition) is 0. The van der Waals surface area contributed by atoms with Crippen molar-refractivity contribution >= 4 is 5.91 Å². The van der Waals surface area contributed by atoms with Crippen molar-refractivity contribution in [3.63, 3.8) is 0 Å². The molecule has 0 N–H and O–H groups in total. The first-order chi connectivity index (χ1) is 15.9. The highest BCUT2D eigenvalue weighted by atomic mass is 16.5. The summed E-state index contributed by atoms with van der Waals surface area (Å²) in [6.45, 7) is 9.99. The first-order valence-electron chi connectivity index (χ1n) is 12.4. The molecule has 178 valence electrons. The SMILES string of the molecule is CCN(CC)C(=O)c1ccc(C(c2cccc(OC)c2)N2CC3(CCCC(C)N3C)C2)cc1. The fourth-order valence-electron chi connectivity index (χ4n) is 5.76. The van der Waals surface area contributed by atoms with Crippen molar-refractivity contribution in [1.82, 2.24) is 14.7 Å². The molecule has 2 aliphatic rings. The van der Waals surface area contributed by atoms with Crippen molar-refractivity contribution in [2.45, 2.75) is 57.7 Å². The van der Waals surface area contributed by atoms with Crippen LogP contribution in [-0.2, 0) is 0 Å². The molecule has 0 bridgehead atoms.